The maximum absolute atomic E-state index is 9.14. The Balaban J connectivity index is 2.64. The van der Waals surface area contributed by atoms with E-state index in [-0.39, 0.29) is 19.1 Å². The smallest absolute Gasteiger partial charge is 0.0837 e. The number of aliphatic hydroxyl groups excluding tert-OH is 2. The van der Waals surface area contributed by atoms with Crippen molar-refractivity contribution < 1.29 is 10.2 Å². The van der Waals surface area contributed by atoms with Gasteiger partial charge < -0.3 is 15.5 Å². The lowest BCUT2D eigenvalue weighted by Crippen LogP contribution is -2.50. The molecule has 1 unspecified atom stereocenters. The Kier molecular flexibility index (Phi) is 5.11. The second-order valence-electron chi connectivity index (χ2n) is 4.35. The van der Waals surface area contributed by atoms with Gasteiger partial charge in [-0.05, 0) is 12.5 Å². The lowest BCUT2D eigenvalue weighted by molar-refractivity contribution is 0.104. The molecule has 0 saturated heterocycles. The topological polar surface area (TPSA) is 76.3 Å². The number of nitriles is 1. The summed E-state index contributed by atoms with van der Waals surface area (Å²) in [5.74, 6) is -0.284. The maximum Gasteiger partial charge on any atom is 0.0837 e. The molecule has 0 heterocycles. The summed E-state index contributed by atoms with van der Waals surface area (Å²) in [6, 6.07) is 11.7. The van der Waals surface area contributed by atoms with Crippen LogP contribution >= 0.6 is 0 Å². The molecule has 0 aliphatic carbocycles. The van der Waals surface area contributed by atoms with E-state index in [9.17, 15) is 0 Å². The van der Waals surface area contributed by atoms with Gasteiger partial charge in [0, 0.05) is 6.54 Å². The van der Waals surface area contributed by atoms with E-state index in [4.69, 9.17) is 15.5 Å². The predicted molar refractivity (Wildman–Crippen MR) is 65.4 cm³/mol. The third-order valence-electron chi connectivity index (χ3n) is 2.79. The van der Waals surface area contributed by atoms with Gasteiger partial charge in [-0.2, -0.15) is 5.26 Å². The molecule has 4 nitrogen and oxygen atoms in total. The van der Waals surface area contributed by atoms with Crippen molar-refractivity contribution in [3.63, 3.8) is 0 Å². The first kappa shape index (κ1) is 13.7. The van der Waals surface area contributed by atoms with E-state index in [2.05, 4.69) is 11.4 Å². The van der Waals surface area contributed by atoms with Gasteiger partial charge in [0.15, 0.2) is 0 Å². The molecular weight excluding hydrogens is 216 g/mol. The minimum absolute atomic E-state index is 0.170. The van der Waals surface area contributed by atoms with E-state index in [0.717, 1.165) is 5.56 Å². The fourth-order valence-electron chi connectivity index (χ4n) is 1.43. The van der Waals surface area contributed by atoms with Crippen molar-refractivity contribution >= 4 is 0 Å². The van der Waals surface area contributed by atoms with Crippen LogP contribution in [0.2, 0.25) is 0 Å². The van der Waals surface area contributed by atoms with Crippen molar-refractivity contribution in [2.45, 2.75) is 18.4 Å². The molecule has 1 rings (SSSR count). The van der Waals surface area contributed by atoms with Crippen molar-refractivity contribution in [1.29, 1.82) is 5.26 Å². The number of benzene rings is 1. The maximum atomic E-state index is 9.14. The van der Waals surface area contributed by atoms with Crippen LogP contribution in [0.4, 0.5) is 0 Å². The van der Waals surface area contributed by atoms with E-state index in [0.29, 0.717) is 6.54 Å². The van der Waals surface area contributed by atoms with Crippen molar-refractivity contribution in [2.24, 2.45) is 0 Å². The summed E-state index contributed by atoms with van der Waals surface area (Å²) in [6.07, 6.45) is 0. The highest BCUT2D eigenvalue weighted by molar-refractivity contribution is 5.25. The van der Waals surface area contributed by atoms with Crippen molar-refractivity contribution in [1.82, 2.24) is 5.32 Å². The van der Waals surface area contributed by atoms with Gasteiger partial charge in [0.05, 0.1) is 30.7 Å². The second-order valence-corrected chi connectivity index (χ2v) is 4.35. The molecule has 0 aliphatic rings. The van der Waals surface area contributed by atoms with Gasteiger partial charge in [-0.1, -0.05) is 30.3 Å². The van der Waals surface area contributed by atoms with Crippen molar-refractivity contribution in [2.75, 3.05) is 19.8 Å². The third-order valence-corrected chi connectivity index (χ3v) is 2.79. The molecule has 0 amide bonds. The van der Waals surface area contributed by atoms with Crippen LogP contribution in [0.5, 0.6) is 0 Å². The predicted octanol–water partition coefficient (Wildman–Crippen LogP) is 0.627. The first-order valence-electron chi connectivity index (χ1n) is 5.56. The van der Waals surface area contributed by atoms with Gasteiger partial charge in [0.2, 0.25) is 0 Å². The Hall–Kier alpha value is -1.41. The van der Waals surface area contributed by atoms with Gasteiger partial charge >= 0.3 is 0 Å². The van der Waals surface area contributed by atoms with Gasteiger partial charge in [0.25, 0.3) is 0 Å². The summed E-state index contributed by atoms with van der Waals surface area (Å²) in [4.78, 5) is 0. The number of hydrogen-bond acceptors (Lipinski definition) is 4. The fraction of sp³-hybridized carbons (Fsp3) is 0.462. The van der Waals surface area contributed by atoms with Crippen LogP contribution in [0.3, 0.4) is 0 Å². The van der Waals surface area contributed by atoms with Gasteiger partial charge in [-0.3, -0.25) is 0 Å². The summed E-state index contributed by atoms with van der Waals surface area (Å²) in [6.45, 7) is 1.78. The molecule has 0 saturated carbocycles. The van der Waals surface area contributed by atoms with Gasteiger partial charge in [-0.15, -0.1) is 0 Å². The summed E-state index contributed by atoms with van der Waals surface area (Å²) in [5.41, 5.74) is 0.185. The van der Waals surface area contributed by atoms with Crippen LogP contribution in [0.1, 0.15) is 18.4 Å². The first-order chi connectivity index (χ1) is 8.15. The van der Waals surface area contributed by atoms with Crippen LogP contribution in [0.15, 0.2) is 30.3 Å². The van der Waals surface area contributed by atoms with Gasteiger partial charge in [0.1, 0.15) is 0 Å². The molecule has 17 heavy (non-hydrogen) atoms. The molecule has 0 radical (unpaired) electrons. The molecule has 4 heteroatoms. The quantitative estimate of drug-likeness (QED) is 0.674. The fourth-order valence-corrected chi connectivity index (χ4v) is 1.43. The first-order valence-corrected chi connectivity index (χ1v) is 5.56. The largest absolute Gasteiger partial charge is 0.394 e. The lowest BCUT2D eigenvalue weighted by Gasteiger charge is -2.27. The molecule has 0 spiro atoms. The zero-order valence-electron chi connectivity index (χ0n) is 9.93. The van der Waals surface area contributed by atoms with E-state index in [1.165, 1.54) is 0 Å². The van der Waals surface area contributed by atoms with Crippen LogP contribution in [-0.4, -0.2) is 35.5 Å². The minimum Gasteiger partial charge on any atom is -0.394 e. The molecule has 1 aromatic carbocycles. The number of rotatable bonds is 6. The van der Waals surface area contributed by atoms with Crippen LogP contribution in [-0.2, 0) is 0 Å². The lowest BCUT2D eigenvalue weighted by atomic mass is 9.98. The normalized spacial score (nSPS) is 13.1. The summed E-state index contributed by atoms with van der Waals surface area (Å²) in [5, 5.41) is 30.4. The van der Waals surface area contributed by atoms with E-state index in [1.54, 1.807) is 6.92 Å². The number of nitrogens with zero attached hydrogens (tertiary/aromatic N) is 1. The highest BCUT2D eigenvalue weighted by atomic mass is 16.3. The average molecular weight is 234 g/mol. The third kappa shape index (κ3) is 3.82. The van der Waals surface area contributed by atoms with E-state index >= 15 is 0 Å². The molecular formula is C13H18N2O2. The van der Waals surface area contributed by atoms with E-state index < -0.39 is 5.54 Å². The van der Waals surface area contributed by atoms with Crippen molar-refractivity contribution in [3.05, 3.63) is 35.9 Å². The van der Waals surface area contributed by atoms with Gasteiger partial charge in [-0.25, -0.2) is 0 Å². The highest BCUT2D eigenvalue weighted by Crippen LogP contribution is 2.14. The highest BCUT2D eigenvalue weighted by Gasteiger charge is 2.23. The van der Waals surface area contributed by atoms with Crippen LogP contribution < -0.4 is 5.32 Å². The monoisotopic (exact) mass is 234 g/mol. The molecule has 0 aromatic heterocycles. The number of hydrogen-bond donors (Lipinski definition) is 3. The minimum atomic E-state index is -0.746. The van der Waals surface area contributed by atoms with E-state index in [1.807, 2.05) is 30.3 Å². The zero-order valence-corrected chi connectivity index (χ0v) is 9.93. The second kappa shape index (κ2) is 6.36. The summed E-state index contributed by atoms with van der Waals surface area (Å²) in [7, 11) is 0. The van der Waals surface area contributed by atoms with Crippen LogP contribution in [0.25, 0.3) is 0 Å². The summed E-state index contributed by atoms with van der Waals surface area (Å²) < 4.78 is 0. The molecule has 3 N–H and O–H groups in total. The molecule has 0 fully saturated rings. The Morgan fingerprint density at radius 3 is 2.35 bits per heavy atom. The number of nitrogens with one attached hydrogen (secondary N) is 1. The molecule has 1 aromatic rings. The molecule has 0 bridgehead atoms. The standard InChI is InChI=1S/C13H18N2O2/c1-13(9-16,10-17)15-8-12(7-14)11-5-3-2-4-6-11/h2-6,12,15-17H,8-10H2,1H3. The Morgan fingerprint density at radius 1 is 1.29 bits per heavy atom. The zero-order chi connectivity index (χ0) is 12.7. The Bertz CT molecular complexity index is 369. The summed E-state index contributed by atoms with van der Waals surface area (Å²) >= 11 is 0. The SMILES string of the molecule is CC(CO)(CO)NCC(C#N)c1ccccc1. The Morgan fingerprint density at radius 2 is 1.88 bits per heavy atom. The van der Waals surface area contributed by atoms with Crippen LogP contribution in [0, 0.1) is 11.3 Å². The number of aliphatic hydroxyl groups is 2. The molecule has 92 valence electrons. The average Bonchev–Trinajstić information content (AvgIpc) is 2.40. The van der Waals surface area contributed by atoms with Crippen molar-refractivity contribution in [3.8, 4) is 6.07 Å². The molecule has 1 atom stereocenters. The molecule has 0 aliphatic heterocycles. The Labute approximate surface area is 102 Å².